The van der Waals surface area contributed by atoms with E-state index in [4.69, 9.17) is 4.74 Å². The van der Waals surface area contributed by atoms with Gasteiger partial charge in [0.25, 0.3) is 0 Å². The third kappa shape index (κ3) is 3.61. The molecule has 3 aromatic heterocycles. The molecule has 0 saturated carbocycles. The van der Waals surface area contributed by atoms with E-state index in [1.54, 1.807) is 28.7 Å². The zero-order valence-corrected chi connectivity index (χ0v) is 16.1. The minimum atomic E-state index is -0.457. The van der Waals surface area contributed by atoms with E-state index in [1.165, 1.54) is 18.4 Å². The lowest BCUT2D eigenvalue weighted by molar-refractivity contribution is 0.0607. The van der Waals surface area contributed by atoms with Crippen molar-refractivity contribution in [2.45, 2.75) is 19.5 Å². The number of fused-ring (bicyclic) bond motifs is 1. The van der Waals surface area contributed by atoms with E-state index >= 15 is 0 Å². The van der Waals surface area contributed by atoms with Gasteiger partial charge in [-0.2, -0.15) is 5.10 Å². The highest BCUT2D eigenvalue weighted by Crippen LogP contribution is 2.25. The van der Waals surface area contributed by atoms with Crippen LogP contribution in [0.15, 0.2) is 42.0 Å². The first-order valence-corrected chi connectivity index (χ1v) is 9.72. The van der Waals surface area contributed by atoms with Crippen molar-refractivity contribution < 1.29 is 14.3 Å². The number of amides is 2. The summed E-state index contributed by atoms with van der Waals surface area (Å²) in [6.07, 6.45) is 4.27. The van der Waals surface area contributed by atoms with Crippen LogP contribution in [0, 0.1) is 0 Å². The van der Waals surface area contributed by atoms with Crippen molar-refractivity contribution in [3.8, 4) is 11.3 Å². The second-order valence-electron chi connectivity index (χ2n) is 6.34. The minimum absolute atomic E-state index is 0.247. The molecule has 0 atom stereocenters. The molecule has 9 heteroatoms. The van der Waals surface area contributed by atoms with E-state index in [0.29, 0.717) is 23.7 Å². The predicted octanol–water partition coefficient (Wildman–Crippen LogP) is 3.23. The van der Waals surface area contributed by atoms with E-state index in [9.17, 15) is 9.59 Å². The highest BCUT2D eigenvalue weighted by atomic mass is 32.1. The van der Waals surface area contributed by atoms with Gasteiger partial charge in [0.15, 0.2) is 0 Å². The van der Waals surface area contributed by atoms with Gasteiger partial charge in [-0.25, -0.2) is 9.59 Å². The molecular formula is C19H19N5O3S. The standard InChI is InChI=1S/C19H19N5O3S/c1-27-18(25)17-15(5-10-28-17)21-19(26)23-8-2-9-24-14(12-23)11-16(22-24)13-3-6-20-7-4-13/h3-7,10-11H,2,8-9,12H2,1H3,(H,21,26). The summed E-state index contributed by atoms with van der Waals surface area (Å²) < 4.78 is 6.72. The lowest BCUT2D eigenvalue weighted by atomic mass is 10.2. The van der Waals surface area contributed by atoms with Gasteiger partial charge in [0, 0.05) is 31.0 Å². The number of urea groups is 1. The molecule has 0 aliphatic carbocycles. The highest BCUT2D eigenvalue weighted by Gasteiger charge is 2.23. The monoisotopic (exact) mass is 397 g/mol. The fraction of sp³-hybridized carbons (Fsp3) is 0.263. The van der Waals surface area contributed by atoms with Crippen LogP contribution in [-0.4, -0.2) is 45.3 Å². The van der Waals surface area contributed by atoms with Crippen molar-refractivity contribution in [3.63, 3.8) is 0 Å². The van der Waals surface area contributed by atoms with E-state index in [0.717, 1.165) is 29.9 Å². The average molecular weight is 397 g/mol. The van der Waals surface area contributed by atoms with Crippen LogP contribution in [0.3, 0.4) is 0 Å². The quantitative estimate of drug-likeness (QED) is 0.686. The maximum absolute atomic E-state index is 12.8. The normalized spacial score (nSPS) is 13.5. The summed E-state index contributed by atoms with van der Waals surface area (Å²) in [4.78, 5) is 30.8. The van der Waals surface area contributed by atoms with Crippen molar-refractivity contribution in [1.29, 1.82) is 0 Å². The number of nitrogens with zero attached hydrogens (tertiary/aromatic N) is 4. The van der Waals surface area contributed by atoms with Crippen molar-refractivity contribution in [2.24, 2.45) is 0 Å². The zero-order valence-electron chi connectivity index (χ0n) is 15.3. The van der Waals surface area contributed by atoms with Crippen molar-refractivity contribution >= 4 is 29.0 Å². The Kier molecular flexibility index (Phi) is 5.07. The van der Waals surface area contributed by atoms with Gasteiger partial charge >= 0.3 is 12.0 Å². The summed E-state index contributed by atoms with van der Waals surface area (Å²) in [5.41, 5.74) is 3.30. The number of carbonyl (C=O) groups is 2. The molecular weight excluding hydrogens is 378 g/mol. The van der Waals surface area contributed by atoms with Gasteiger partial charge < -0.3 is 15.0 Å². The Balaban J connectivity index is 1.51. The summed E-state index contributed by atoms with van der Waals surface area (Å²) in [6.45, 7) is 1.80. The Hall–Kier alpha value is -3.20. The first-order chi connectivity index (χ1) is 13.7. The topological polar surface area (TPSA) is 89.4 Å². The smallest absolute Gasteiger partial charge is 0.350 e. The van der Waals surface area contributed by atoms with Gasteiger partial charge in [-0.05, 0) is 36.1 Å². The molecule has 1 aliphatic heterocycles. The number of anilines is 1. The molecule has 0 aromatic carbocycles. The molecule has 0 spiro atoms. The molecule has 0 radical (unpaired) electrons. The second kappa shape index (κ2) is 7.81. The lowest BCUT2D eigenvalue weighted by Gasteiger charge is -2.20. The van der Waals surface area contributed by atoms with Crippen molar-refractivity contribution in [2.75, 3.05) is 19.0 Å². The highest BCUT2D eigenvalue weighted by molar-refractivity contribution is 7.12. The largest absolute Gasteiger partial charge is 0.465 e. The number of nitrogens with one attached hydrogen (secondary N) is 1. The minimum Gasteiger partial charge on any atom is -0.465 e. The fourth-order valence-electron chi connectivity index (χ4n) is 3.15. The number of methoxy groups -OCH3 is 1. The van der Waals surface area contributed by atoms with E-state index in [1.807, 2.05) is 22.9 Å². The number of pyridine rings is 1. The number of thiophene rings is 1. The van der Waals surface area contributed by atoms with Crippen LogP contribution >= 0.6 is 11.3 Å². The van der Waals surface area contributed by atoms with Crippen LogP contribution in [0.2, 0.25) is 0 Å². The fourth-order valence-corrected chi connectivity index (χ4v) is 3.92. The molecule has 0 bridgehead atoms. The first-order valence-electron chi connectivity index (χ1n) is 8.84. The molecule has 4 rings (SSSR count). The first kappa shape index (κ1) is 18.2. The number of carbonyl (C=O) groups excluding carboxylic acids is 2. The third-order valence-electron chi connectivity index (χ3n) is 4.56. The predicted molar refractivity (Wildman–Crippen MR) is 105 cm³/mol. The summed E-state index contributed by atoms with van der Waals surface area (Å²) in [5.74, 6) is -0.457. The number of hydrogen-bond donors (Lipinski definition) is 1. The van der Waals surface area contributed by atoms with E-state index in [-0.39, 0.29) is 6.03 Å². The third-order valence-corrected chi connectivity index (χ3v) is 5.45. The SMILES string of the molecule is COC(=O)c1sccc1NC(=O)N1CCCn2nc(-c3ccncc3)cc2C1. The molecule has 3 aromatic rings. The molecule has 0 saturated heterocycles. The van der Waals surface area contributed by atoms with Crippen LogP contribution in [0.25, 0.3) is 11.3 Å². The molecule has 28 heavy (non-hydrogen) atoms. The zero-order chi connectivity index (χ0) is 19.5. The van der Waals surface area contributed by atoms with Gasteiger partial charge in [-0.1, -0.05) is 0 Å². The van der Waals surface area contributed by atoms with Gasteiger partial charge in [-0.3, -0.25) is 9.67 Å². The van der Waals surface area contributed by atoms with Gasteiger partial charge in [0.2, 0.25) is 0 Å². The average Bonchev–Trinajstić information content (AvgIpc) is 3.29. The molecule has 1 aliphatic rings. The maximum atomic E-state index is 12.8. The number of aromatic nitrogens is 3. The number of hydrogen-bond acceptors (Lipinski definition) is 6. The Bertz CT molecular complexity index is 998. The van der Waals surface area contributed by atoms with Crippen LogP contribution in [-0.2, 0) is 17.8 Å². The number of rotatable bonds is 3. The Morgan fingerprint density at radius 1 is 1.21 bits per heavy atom. The summed E-state index contributed by atoms with van der Waals surface area (Å²) in [6, 6.07) is 7.29. The molecule has 0 fully saturated rings. The van der Waals surface area contributed by atoms with Gasteiger partial charge in [-0.15, -0.1) is 11.3 Å². The van der Waals surface area contributed by atoms with Crippen molar-refractivity contribution in [3.05, 3.63) is 52.6 Å². The number of esters is 1. The van der Waals surface area contributed by atoms with Crippen LogP contribution < -0.4 is 5.32 Å². The molecule has 1 N–H and O–H groups in total. The van der Waals surface area contributed by atoms with Crippen LogP contribution in [0.4, 0.5) is 10.5 Å². The van der Waals surface area contributed by atoms with E-state index < -0.39 is 5.97 Å². The summed E-state index contributed by atoms with van der Waals surface area (Å²) in [7, 11) is 1.32. The Morgan fingerprint density at radius 2 is 2.04 bits per heavy atom. The van der Waals surface area contributed by atoms with Crippen LogP contribution in [0.1, 0.15) is 21.8 Å². The van der Waals surface area contributed by atoms with Crippen LogP contribution in [0.5, 0.6) is 0 Å². The summed E-state index contributed by atoms with van der Waals surface area (Å²) >= 11 is 1.24. The number of ether oxygens (including phenoxy) is 1. The lowest BCUT2D eigenvalue weighted by Crippen LogP contribution is -2.34. The molecule has 0 unspecified atom stereocenters. The molecule has 2 amide bonds. The maximum Gasteiger partial charge on any atom is 0.350 e. The van der Waals surface area contributed by atoms with Crippen molar-refractivity contribution in [1.82, 2.24) is 19.7 Å². The van der Waals surface area contributed by atoms with Gasteiger partial charge in [0.1, 0.15) is 4.88 Å². The Labute approximate surface area is 165 Å². The Morgan fingerprint density at radius 3 is 2.82 bits per heavy atom. The number of aryl methyl sites for hydroxylation is 1. The van der Waals surface area contributed by atoms with Gasteiger partial charge in [0.05, 0.1) is 30.7 Å². The van der Waals surface area contributed by atoms with E-state index in [2.05, 4.69) is 15.4 Å². The second-order valence-corrected chi connectivity index (χ2v) is 7.26. The molecule has 4 heterocycles. The molecule has 8 nitrogen and oxygen atoms in total. The summed E-state index contributed by atoms with van der Waals surface area (Å²) in [5, 5.41) is 9.25. The molecule has 144 valence electrons.